The number of nitrogens with one attached hydrogen (secondary N) is 1. The van der Waals surface area contributed by atoms with Crippen LogP contribution >= 0.6 is 11.6 Å². The summed E-state index contributed by atoms with van der Waals surface area (Å²) in [6, 6.07) is 22.2. The number of aryl methyl sites for hydroxylation is 1. The third-order valence-corrected chi connectivity index (χ3v) is 6.68. The summed E-state index contributed by atoms with van der Waals surface area (Å²) < 4.78 is 26.2. The molecule has 168 valence electrons. The van der Waals surface area contributed by atoms with E-state index in [1.807, 2.05) is 37.3 Å². The number of benzene rings is 3. The summed E-state index contributed by atoms with van der Waals surface area (Å²) >= 11 is 6.09. The summed E-state index contributed by atoms with van der Waals surface area (Å²) in [5.41, 5.74) is 3.81. The van der Waals surface area contributed by atoms with Gasteiger partial charge in [0.2, 0.25) is 10.0 Å². The van der Waals surface area contributed by atoms with Crippen LogP contribution in [0.1, 0.15) is 39.9 Å². The zero-order valence-electron chi connectivity index (χ0n) is 18.4. The lowest BCUT2D eigenvalue weighted by Crippen LogP contribution is -2.30. The van der Waals surface area contributed by atoms with Crippen LogP contribution in [-0.4, -0.2) is 27.1 Å². The highest BCUT2D eigenvalue weighted by Gasteiger charge is 2.20. The lowest BCUT2D eigenvalue weighted by molar-refractivity contribution is 0.0951. The van der Waals surface area contributed by atoms with Crippen molar-refractivity contribution in [1.82, 2.24) is 5.32 Å². The third kappa shape index (κ3) is 6.11. The van der Waals surface area contributed by atoms with Gasteiger partial charge in [-0.1, -0.05) is 67.1 Å². The Kier molecular flexibility index (Phi) is 7.59. The molecule has 3 rings (SSSR count). The first-order chi connectivity index (χ1) is 15.1. The topological polar surface area (TPSA) is 66.5 Å². The summed E-state index contributed by atoms with van der Waals surface area (Å²) in [7, 11) is -3.53. The predicted octanol–water partition coefficient (Wildman–Crippen LogP) is 5.15. The monoisotopic (exact) mass is 470 g/mol. The van der Waals surface area contributed by atoms with Crippen molar-refractivity contribution < 1.29 is 13.2 Å². The van der Waals surface area contributed by atoms with Gasteiger partial charge in [-0.15, -0.1) is 0 Å². The third-order valence-electron chi connectivity index (χ3n) is 5.32. The van der Waals surface area contributed by atoms with Crippen molar-refractivity contribution in [2.24, 2.45) is 0 Å². The van der Waals surface area contributed by atoms with Crippen LogP contribution < -0.4 is 9.62 Å². The Balaban J connectivity index is 1.70. The largest absolute Gasteiger partial charge is 0.351 e. The van der Waals surface area contributed by atoms with Gasteiger partial charge < -0.3 is 5.32 Å². The van der Waals surface area contributed by atoms with Crippen LogP contribution in [0.15, 0.2) is 72.8 Å². The van der Waals surface area contributed by atoms with Crippen LogP contribution in [-0.2, 0) is 16.6 Å². The molecule has 0 saturated heterocycles. The van der Waals surface area contributed by atoms with Crippen molar-refractivity contribution in [3.8, 4) is 0 Å². The number of hydrogen-bond acceptors (Lipinski definition) is 3. The lowest BCUT2D eigenvalue weighted by Gasteiger charge is -2.24. The Labute approximate surface area is 195 Å². The maximum atomic E-state index is 12.5. The van der Waals surface area contributed by atoms with Crippen LogP contribution in [0.5, 0.6) is 0 Å². The molecule has 0 bridgehead atoms. The van der Waals surface area contributed by atoms with E-state index in [-0.39, 0.29) is 18.4 Å². The van der Waals surface area contributed by atoms with Gasteiger partial charge in [0.1, 0.15) is 0 Å². The van der Waals surface area contributed by atoms with Gasteiger partial charge in [0.15, 0.2) is 0 Å². The number of amides is 1. The van der Waals surface area contributed by atoms with Crippen molar-refractivity contribution in [3.05, 3.63) is 100 Å². The van der Waals surface area contributed by atoms with Gasteiger partial charge in [-0.25, -0.2) is 8.42 Å². The highest BCUT2D eigenvalue weighted by molar-refractivity contribution is 7.92. The Bertz CT molecular complexity index is 1180. The Morgan fingerprint density at radius 3 is 2.31 bits per heavy atom. The second-order valence-electron chi connectivity index (χ2n) is 7.92. The second-order valence-corrected chi connectivity index (χ2v) is 10.3. The van der Waals surface area contributed by atoms with E-state index >= 15 is 0 Å². The van der Waals surface area contributed by atoms with Gasteiger partial charge in [-0.2, -0.15) is 0 Å². The van der Waals surface area contributed by atoms with E-state index < -0.39 is 10.0 Å². The molecule has 32 heavy (non-hydrogen) atoms. The highest BCUT2D eigenvalue weighted by Crippen LogP contribution is 2.28. The van der Waals surface area contributed by atoms with E-state index in [1.165, 1.54) is 16.1 Å². The molecule has 0 aliphatic heterocycles. The van der Waals surface area contributed by atoms with Gasteiger partial charge in [-0.05, 0) is 53.8 Å². The first-order valence-electron chi connectivity index (χ1n) is 10.3. The van der Waals surface area contributed by atoms with E-state index in [4.69, 9.17) is 11.6 Å². The first kappa shape index (κ1) is 23.8. The van der Waals surface area contributed by atoms with E-state index in [2.05, 4.69) is 12.2 Å². The minimum Gasteiger partial charge on any atom is -0.351 e. The van der Waals surface area contributed by atoms with Crippen LogP contribution in [0.25, 0.3) is 0 Å². The molecule has 5 nitrogen and oxygen atoms in total. The zero-order chi connectivity index (χ0) is 23.3. The SMILES string of the molecule is Cc1ccc(Cl)cc1N(Cc1ccc(C(=O)NC[C@H](C)c2ccccc2)cc1)S(C)(=O)=O. The maximum Gasteiger partial charge on any atom is 0.251 e. The molecular weight excluding hydrogens is 444 g/mol. The summed E-state index contributed by atoms with van der Waals surface area (Å²) in [5.74, 6) is 0.0358. The normalized spacial score (nSPS) is 12.2. The molecule has 3 aromatic carbocycles. The molecule has 0 spiro atoms. The van der Waals surface area contributed by atoms with Gasteiger partial charge in [-0.3, -0.25) is 9.10 Å². The van der Waals surface area contributed by atoms with Crippen molar-refractivity contribution in [2.75, 3.05) is 17.1 Å². The van der Waals surface area contributed by atoms with Crippen LogP contribution in [0.2, 0.25) is 5.02 Å². The molecule has 0 saturated carbocycles. The molecule has 3 aromatic rings. The number of rotatable bonds is 8. The fourth-order valence-electron chi connectivity index (χ4n) is 3.41. The van der Waals surface area contributed by atoms with E-state index in [9.17, 15) is 13.2 Å². The van der Waals surface area contributed by atoms with Crippen LogP contribution in [0.3, 0.4) is 0 Å². The summed E-state index contributed by atoms with van der Waals surface area (Å²) in [5, 5.41) is 3.43. The Morgan fingerprint density at radius 2 is 1.69 bits per heavy atom. The van der Waals surface area contributed by atoms with E-state index in [1.54, 1.807) is 42.5 Å². The van der Waals surface area contributed by atoms with Crippen molar-refractivity contribution in [1.29, 1.82) is 0 Å². The molecule has 0 aliphatic rings. The summed E-state index contributed by atoms with van der Waals surface area (Å²) in [6.07, 6.45) is 1.17. The minimum atomic E-state index is -3.53. The molecule has 0 aliphatic carbocycles. The van der Waals surface area contributed by atoms with Gasteiger partial charge in [0.05, 0.1) is 18.5 Å². The lowest BCUT2D eigenvalue weighted by atomic mass is 10.0. The molecule has 1 amide bonds. The molecule has 0 unspecified atom stereocenters. The fraction of sp³-hybridized carbons (Fsp3) is 0.240. The molecule has 0 radical (unpaired) electrons. The van der Waals surface area contributed by atoms with Gasteiger partial charge in [0, 0.05) is 17.1 Å². The van der Waals surface area contributed by atoms with Crippen LogP contribution in [0, 0.1) is 6.92 Å². The first-order valence-corrected chi connectivity index (χ1v) is 12.5. The minimum absolute atomic E-state index is 0.146. The number of hydrogen-bond donors (Lipinski definition) is 1. The molecule has 7 heteroatoms. The smallest absolute Gasteiger partial charge is 0.251 e. The average molecular weight is 471 g/mol. The number of sulfonamides is 1. The van der Waals surface area contributed by atoms with Crippen LogP contribution in [0.4, 0.5) is 5.69 Å². The predicted molar refractivity (Wildman–Crippen MR) is 131 cm³/mol. The molecule has 1 N–H and O–H groups in total. The number of nitrogens with zero attached hydrogens (tertiary/aromatic N) is 1. The molecule has 0 fully saturated rings. The zero-order valence-corrected chi connectivity index (χ0v) is 20.0. The van der Waals surface area contributed by atoms with Crippen molar-refractivity contribution >= 4 is 33.2 Å². The Morgan fingerprint density at radius 1 is 1.03 bits per heavy atom. The molecule has 0 aromatic heterocycles. The maximum absolute atomic E-state index is 12.5. The Hall–Kier alpha value is -2.83. The average Bonchev–Trinajstić information content (AvgIpc) is 2.77. The van der Waals surface area contributed by atoms with Crippen molar-refractivity contribution in [2.45, 2.75) is 26.3 Å². The molecular formula is C25H27ClN2O3S. The van der Waals surface area contributed by atoms with E-state index in [0.29, 0.717) is 22.8 Å². The van der Waals surface area contributed by atoms with E-state index in [0.717, 1.165) is 11.1 Å². The quantitative estimate of drug-likeness (QED) is 0.495. The number of carbonyl (C=O) groups is 1. The van der Waals surface area contributed by atoms with Gasteiger partial charge >= 0.3 is 0 Å². The summed E-state index contributed by atoms with van der Waals surface area (Å²) in [4.78, 5) is 12.5. The van der Waals surface area contributed by atoms with Gasteiger partial charge in [0.25, 0.3) is 5.91 Å². The second kappa shape index (κ2) is 10.2. The number of anilines is 1. The fourth-order valence-corrected chi connectivity index (χ4v) is 4.51. The van der Waals surface area contributed by atoms with Crippen molar-refractivity contribution in [3.63, 3.8) is 0 Å². The number of carbonyl (C=O) groups excluding carboxylic acids is 1. The summed E-state index contributed by atoms with van der Waals surface area (Å²) in [6.45, 7) is 4.58. The highest BCUT2D eigenvalue weighted by atomic mass is 35.5. The number of halogens is 1. The molecule has 1 atom stereocenters. The molecule has 0 heterocycles. The standard InChI is InChI=1S/C25H27ClN2O3S/c1-18-9-14-23(26)15-24(18)28(32(3,30)31)17-20-10-12-22(13-11-20)25(29)27-16-19(2)21-7-5-4-6-8-21/h4-15,19H,16-17H2,1-3H3,(H,27,29)/t19-/m0/s1.